The molecule has 0 aliphatic carbocycles. The SMILES string of the molecule is C=C(F)C(=O)N1CCC(c2ccc(C(N)=O)c(-c3ccc(Oc4ccccc4)cc3)n2)CC1. The molecule has 168 valence electrons. The van der Waals surface area contributed by atoms with Crippen molar-refractivity contribution in [1.82, 2.24) is 9.88 Å². The second kappa shape index (κ2) is 9.65. The van der Waals surface area contributed by atoms with Gasteiger partial charge in [-0.1, -0.05) is 24.8 Å². The number of amides is 2. The van der Waals surface area contributed by atoms with Crippen LogP contribution in [-0.4, -0.2) is 34.8 Å². The first-order chi connectivity index (χ1) is 15.9. The molecule has 1 aliphatic heterocycles. The van der Waals surface area contributed by atoms with Gasteiger partial charge in [-0.25, -0.2) is 4.39 Å². The van der Waals surface area contributed by atoms with Crippen LogP contribution in [0.2, 0.25) is 0 Å². The Hall–Kier alpha value is -4.00. The van der Waals surface area contributed by atoms with Crippen LogP contribution >= 0.6 is 0 Å². The number of ether oxygens (including phenoxy) is 1. The maximum absolute atomic E-state index is 13.2. The van der Waals surface area contributed by atoms with Crippen LogP contribution in [0.4, 0.5) is 4.39 Å². The third-order valence-electron chi connectivity index (χ3n) is 5.72. The van der Waals surface area contributed by atoms with Crippen molar-refractivity contribution in [1.29, 1.82) is 0 Å². The zero-order chi connectivity index (χ0) is 23.4. The molecule has 2 aromatic carbocycles. The van der Waals surface area contributed by atoms with Crippen LogP contribution in [0.1, 0.15) is 34.8 Å². The molecule has 4 rings (SSSR count). The molecule has 3 aromatic rings. The van der Waals surface area contributed by atoms with E-state index in [0.717, 1.165) is 17.0 Å². The monoisotopic (exact) mass is 445 g/mol. The summed E-state index contributed by atoms with van der Waals surface area (Å²) in [5.41, 5.74) is 7.99. The van der Waals surface area contributed by atoms with Crippen molar-refractivity contribution in [2.75, 3.05) is 13.1 Å². The Kier molecular flexibility index (Phi) is 6.49. The fourth-order valence-electron chi connectivity index (χ4n) is 3.98. The van der Waals surface area contributed by atoms with Gasteiger partial charge < -0.3 is 15.4 Å². The van der Waals surface area contributed by atoms with Crippen LogP contribution in [-0.2, 0) is 4.79 Å². The second-order valence-electron chi connectivity index (χ2n) is 7.91. The number of pyridine rings is 1. The molecule has 7 heteroatoms. The van der Waals surface area contributed by atoms with Gasteiger partial charge in [0, 0.05) is 30.3 Å². The number of hydrogen-bond acceptors (Lipinski definition) is 4. The summed E-state index contributed by atoms with van der Waals surface area (Å²) in [6, 6.07) is 20.2. The molecule has 1 fully saturated rings. The van der Waals surface area contributed by atoms with E-state index in [2.05, 4.69) is 6.58 Å². The highest BCUT2D eigenvalue weighted by Crippen LogP contribution is 2.32. The van der Waals surface area contributed by atoms with Crippen LogP contribution in [0.3, 0.4) is 0 Å². The highest BCUT2D eigenvalue weighted by Gasteiger charge is 2.27. The number of benzene rings is 2. The molecule has 0 atom stereocenters. The minimum absolute atomic E-state index is 0.0864. The summed E-state index contributed by atoms with van der Waals surface area (Å²) < 4.78 is 19.0. The molecule has 0 saturated carbocycles. The summed E-state index contributed by atoms with van der Waals surface area (Å²) in [6.45, 7) is 3.93. The number of primary amides is 1. The van der Waals surface area contributed by atoms with E-state index in [0.29, 0.717) is 42.9 Å². The van der Waals surface area contributed by atoms with E-state index in [9.17, 15) is 14.0 Å². The molecule has 0 radical (unpaired) electrons. The Morgan fingerprint density at radius 3 is 2.21 bits per heavy atom. The number of piperidine rings is 1. The van der Waals surface area contributed by atoms with Gasteiger partial charge in [0.25, 0.3) is 11.8 Å². The van der Waals surface area contributed by atoms with Crippen molar-refractivity contribution in [3.63, 3.8) is 0 Å². The van der Waals surface area contributed by atoms with Gasteiger partial charge in [-0.15, -0.1) is 0 Å². The van der Waals surface area contributed by atoms with Crippen LogP contribution in [0.15, 0.2) is 79.1 Å². The molecule has 2 amide bonds. The molecule has 0 spiro atoms. The number of halogens is 1. The maximum atomic E-state index is 13.2. The Morgan fingerprint density at radius 1 is 0.970 bits per heavy atom. The molecule has 33 heavy (non-hydrogen) atoms. The molecular formula is C26H24FN3O3. The summed E-state index contributed by atoms with van der Waals surface area (Å²) in [4.78, 5) is 30.1. The second-order valence-corrected chi connectivity index (χ2v) is 7.91. The Bertz CT molecular complexity index is 1170. The number of rotatable bonds is 6. The zero-order valence-corrected chi connectivity index (χ0v) is 18.0. The van der Waals surface area contributed by atoms with Crippen LogP contribution in [0.25, 0.3) is 11.3 Å². The van der Waals surface area contributed by atoms with Crippen molar-refractivity contribution in [2.24, 2.45) is 5.73 Å². The number of para-hydroxylation sites is 1. The van der Waals surface area contributed by atoms with Gasteiger partial charge in [-0.2, -0.15) is 0 Å². The average Bonchev–Trinajstić information content (AvgIpc) is 2.84. The first kappa shape index (κ1) is 22.2. The van der Waals surface area contributed by atoms with Gasteiger partial charge in [-0.05, 0) is 61.4 Å². The summed E-state index contributed by atoms with van der Waals surface area (Å²) in [7, 11) is 0. The number of nitrogens with zero attached hydrogens (tertiary/aromatic N) is 2. The maximum Gasteiger partial charge on any atom is 0.281 e. The Balaban J connectivity index is 1.55. The normalized spacial score (nSPS) is 14.0. The van der Waals surface area contributed by atoms with Crippen molar-refractivity contribution in [3.8, 4) is 22.8 Å². The van der Waals surface area contributed by atoms with Crippen molar-refractivity contribution in [3.05, 3.63) is 90.4 Å². The molecule has 2 N–H and O–H groups in total. The molecule has 6 nitrogen and oxygen atoms in total. The lowest BCUT2D eigenvalue weighted by Crippen LogP contribution is -2.38. The summed E-state index contributed by atoms with van der Waals surface area (Å²) >= 11 is 0. The minimum Gasteiger partial charge on any atom is -0.457 e. The standard InChI is InChI=1S/C26H24FN3O3/c1-17(27)26(32)30-15-13-18(14-16-30)23-12-11-22(25(28)31)24(29-23)19-7-9-21(10-8-19)33-20-5-3-2-4-6-20/h2-12,18H,1,13-16H2,(H2,28,31). The van der Waals surface area contributed by atoms with Crippen molar-refractivity contribution in [2.45, 2.75) is 18.8 Å². The molecule has 1 aliphatic rings. The minimum atomic E-state index is -0.945. The third kappa shape index (κ3) is 5.09. The van der Waals surface area contributed by atoms with E-state index in [4.69, 9.17) is 15.5 Å². The molecule has 0 unspecified atom stereocenters. The molecule has 1 saturated heterocycles. The van der Waals surface area contributed by atoms with Gasteiger partial charge in [0.2, 0.25) is 0 Å². The highest BCUT2D eigenvalue weighted by atomic mass is 19.1. The molecule has 0 bridgehead atoms. The van der Waals surface area contributed by atoms with Crippen LogP contribution in [0, 0.1) is 0 Å². The van der Waals surface area contributed by atoms with Gasteiger partial charge >= 0.3 is 0 Å². The quantitative estimate of drug-likeness (QED) is 0.551. The predicted molar refractivity (Wildman–Crippen MR) is 124 cm³/mol. The van der Waals surface area contributed by atoms with Crippen LogP contribution < -0.4 is 10.5 Å². The zero-order valence-electron chi connectivity index (χ0n) is 18.0. The number of carbonyl (C=O) groups is 2. The molecular weight excluding hydrogens is 421 g/mol. The van der Waals surface area contributed by atoms with E-state index in [1.54, 1.807) is 12.1 Å². The smallest absolute Gasteiger partial charge is 0.281 e. The van der Waals surface area contributed by atoms with Gasteiger partial charge in [0.15, 0.2) is 5.83 Å². The number of likely N-dealkylation sites (tertiary alicyclic amines) is 1. The van der Waals surface area contributed by atoms with E-state index in [1.807, 2.05) is 54.6 Å². The largest absolute Gasteiger partial charge is 0.457 e. The lowest BCUT2D eigenvalue weighted by atomic mass is 9.91. The highest BCUT2D eigenvalue weighted by molar-refractivity contribution is 5.98. The number of nitrogens with two attached hydrogens (primary N) is 1. The topological polar surface area (TPSA) is 85.5 Å². The fraction of sp³-hybridized carbons (Fsp3) is 0.192. The van der Waals surface area contributed by atoms with Crippen molar-refractivity contribution < 1.29 is 18.7 Å². The average molecular weight is 445 g/mol. The fourth-order valence-corrected chi connectivity index (χ4v) is 3.98. The summed E-state index contributed by atoms with van der Waals surface area (Å²) in [5.74, 6) is -0.695. The van der Waals surface area contributed by atoms with E-state index >= 15 is 0 Å². The molecule has 2 heterocycles. The number of carbonyl (C=O) groups excluding carboxylic acids is 2. The Morgan fingerprint density at radius 2 is 1.61 bits per heavy atom. The number of aromatic nitrogens is 1. The lowest BCUT2D eigenvalue weighted by Gasteiger charge is -2.31. The third-order valence-corrected chi connectivity index (χ3v) is 5.72. The predicted octanol–water partition coefficient (Wildman–Crippen LogP) is 4.83. The summed E-state index contributed by atoms with van der Waals surface area (Å²) in [6.07, 6.45) is 1.29. The lowest BCUT2D eigenvalue weighted by molar-refractivity contribution is -0.129. The summed E-state index contributed by atoms with van der Waals surface area (Å²) in [5, 5.41) is 0. The van der Waals surface area contributed by atoms with Gasteiger partial charge in [-0.3, -0.25) is 14.6 Å². The van der Waals surface area contributed by atoms with Gasteiger partial charge in [0.1, 0.15) is 11.5 Å². The van der Waals surface area contributed by atoms with Gasteiger partial charge in [0.05, 0.1) is 11.3 Å². The van der Waals surface area contributed by atoms with Crippen molar-refractivity contribution >= 4 is 11.8 Å². The van der Waals surface area contributed by atoms with E-state index in [1.165, 1.54) is 4.90 Å². The number of hydrogen-bond donors (Lipinski definition) is 1. The molecule has 1 aromatic heterocycles. The first-order valence-corrected chi connectivity index (χ1v) is 10.7. The first-order valence-electron chi connectivity index (χ1n) is 10.7. The Labute approximate surface area is 191 Å². The van der Waals surface area contributed by atoms with E-state index in [-0.39, 0.29) is 5.92 Å². The van der Waals surface area contributed by atoms with E-state index < -0.39 is 17.6 Å². The van der Waals surface area contributed by atoms with Crippen LogP contribution in [0.5, 0.6) is 11.5 Å².